The van der Waals surface area contributed by atoms with Gasteiger partial charge in [-0.05, 0) is 37.5 Å². The van der Waals surface area contributed by atoms with Gasteiger partial charge in [0.1, 0.15) is 6.04 Å². The molecule has 5 heteroatoms. The molecule has 2 amide bonds. The molecular weight excluding hydrogens is 268 g/mol. The molecule has 2 fully saturated rings. The van der Waals surface area contributed by atoms with Crippen LogP contribution in [0.2, 0.25) is 0 Å². The third-order valence-corrected chi connectivity index (χ3v) is 5.02. The maximum absolute atomic E-state index is 12.6. The summed E-state index contributed by atoms with van der Waals surface area (Å²) in [6, 6.07) is -0.778. The number of carboxylic acids is 1. The molecule has 0 aromatic rings. The topological polar surface area (TPSA) is 60.9 Å². The van der Waals surface area contributed by atoms with Crippen molar-refractivity contribution >= 4 is 12.0 Å². The molecule has 5 nitrogen and oxygen atoms in total. The smallest absolute Gasteiger partial charge is 0.326 e. The van der Waals surface area contributed by atoms with Gasteiger partial charge in [-0.25, -0.2) is 9.59 Å². The van der Waals surface area contributed by atoms with Crippen LogP contribution in [0.5, 0.6) is 0 Å². The molecule has 0 spiro atoms. The van der Waals surface area contributed by atoms with Crippen LogP contribution in [0.4, 0.5) is 4.79 Å². The zero-order valence-corrected chi connectivity index (χ0v) is 13.3. The summed E-state index contributed by atoms with van der Waals surface area (Å²) in [6.07, 6.45) is 7.98. The van der Waals surface area contributed by atoms with Crippen molar-refractivity contribution in [2.24, 2.45) is 11.8 Å². The molecular formula is C16H28N2O3. The van der Waals surface area contributed by atoms with Crippen LogP contribution >= 0.6 is 0 Å². The van der Waals surface area contributed by atoms with E-state index in [1.807, 2.05) is 14.0 Å². The molecule has 2 unspecified atom stereocenters. The lowest BCUT2D eigenvalue weighted by atomic mass is 9.89. The molecule has 1 aliphatic carbocycles. The van der Waals surface area contributed by atoms with Gasteiger partial charge in [0, 0.05) is 20.1 Å². The van der Waals surface area contributed by atoms with Crippen molar-refractivity contribution in [3.63, 3.8) is 0 Å². The molecule has 1 aliphatic heterocycles. The summed E-state index contributed by atoms with van der Waals surface area (Å²) in [4.78, 5) is 27.4. The number of amides is 2. The molecule has 1 saturated carbocycles. The molecule has 2 atom stereocenters. The van der Waals surface area contributed by atoms with Crippen LogP contribution < -0.4 is 0 Å². The Kier molecular flexibility index (Phi) is 5.48. The highest BCUT2D eigenvalue weighted by atomic mass is 16.4. The van der Waals surface area contributed by atoms with Crippen molar-refractivity contribution < 1.29 is 14.7 Å². The van der Waals surface area contributed by atoms with E-state index in [4.69, 9.17) is 0 Å². The van der Waals surface area contributed by atoms with Gasteiger partial charge in [-0.1, -0.05) is 26.2 Å². The number of likely N-dealkylation sites (tertiary alicyclic amines) is 1. The molecule has 2 rings (SSSR count). The summed E-state index contributed by atoms with van der Waals surface area (Å²) < 4.78 is 0. The van der Waals surface area contributed by atoms with E-state index in [2.05, 4.69) is 0 Å². The van der Waals surface area contributed by atoms with Crippen LogP contribution in [0.3, 0.4) is 0 Å². The summed E-state index contributed by atoms with van der Waals surface area (Å²) in [6.45, 7) is 3.25. The SMILES string of the molecule is CC1CCCN(C(=O)N(C)CC2CCCCC2)C1C(=O)O. The minimum absolute atomic E-state index is 0.0308. The lowest BCUT2D eigenvalue weighted by molar-refractivity contribution is -0.145. The predicted molar refractivity (Wildman–Crippen MR) is 81.1 cm³/mol. The van der Waals surface area contributed by atoms with Crippen LogP contribution in [-0.4, -0.2) is 53.1 Å². The van der Waals surface area contributed by atoms with Gasteiger partial charge in [0.25, 0.3) is 0 Å². The van der Waals surface area contributed by atoms with Crippen molar-refractivity contribution in [2.45, 2.75) is 57.9 Å². The maximum atomic E-state index is 12.6. The minimum Gasteiger partial charge on any atom is -0.480 e. The van der Waals surface area contributed by atoms with Crippen molar-refractivity contribution in [2.75, 3.05) is 20.1 Å². The van der Waals surface area contributed by atoms with Crippen LogP contribution in [0, 0.1) is 11.8 Å². The molecule has 0 bridgehead atoms. The fourth-order valence-corrected chi connectivity index (χ4v) is 3.83. The molecule has 0 radical (unpaired) electrons. The zero-order chi connectivity index (χ0) is 15.4. The average molecular weight is 296 g/mol. The largest absolute Gasteiger partial charge is 0.480 e. The third-order valence-electron chi connectivity index (χ3n) is 5.02. The molecule has 1 heterocycles. The highest BCUT2D eigenvalue weighted by Crippen LogP contribution is 2.27. The van der Waals surface area contributed by atoms with Crippen molar-refractivity contribution in [1.29, 1.82) is 0 Å². The number of aliphatic carboxylic acids is 1. The van der Waals surface area contributed by atoms with E-state index in [9.17, 15) is 14.7 Å². The first-order valence-electron chi connectivity index (χ1n) is 8.25. The second-order valence-electron chi connectivity index (χ2n) is 6.76. The number of piperidine rings is 1. The Labute approximate surface area is 127 Å². The number of hydrogen-bond acceptors (Lipinski definition) is 2. The van der Waals surface area contributed by atoms with Gasteiger partial charge in [0.15, 0.2) is 0 Å². The Bertz CT molecular complexity index is 380. The Balaban J connectivity index is 1.97. The average Bonchev–Trinajstić information content (AvgIpc) is 2.46. The van der Waals surface area contributed by atoms with Crippen LogP contribution in [0.25, 0.3) is 0 Å². The number of urea groups is 1. The van der Waals surface area contributed by atoms with Crippen molar-refractivity contribution in [3.8, 4) is 0 Å². The molecule has 120 valence electrons. The highest BCUT2D eigenvalue weighted by molar-refractivity contribution is 5.83. The van der Waals surface area contributed by atoms with Gasteiger partial charge >= 0.3 is 12.0 Å². The molecule has 0 aromatic heterocycles. The first-order valence-corrected chi connectivity index (χ1v) is 8.25. The van der Waals surface area contributed by atoms with Crippen LogP contribution in [0.1, 0.15) is 51.9 Å². The number of hydrogen-bond donors (Lipinski definition) is 1. The van der Waals surface area contributed by atoms with Crippen molar-refractivity contribution in [1.82, 2.24) is 9.80 Å². The molecule has 21 heavy (non-hydrogen) atoms. The summed E-state index contributed by atoms with van der Waals surface area (Å²) in [5.41, 5.74) is 0. The Morgan fingerprint density at radius 2 is 1.81 bits per heavy atom. The Morgan fingerprint density at radius 3 is 2.43 bits per heavy atom. The lowest BCUT2D eigenvalue weighted by Gasteiger charge is -2.40. The summed E-state index contributed by atoms with van der Waals surface area (Å²) in [7, 11) is 1.81. The summed E-state index contributed by atoms with van der Waals surface area (Å²) in [5, 5.41) is 9.42. The summed E-state index contributed by atoms with van der Waals surface area (Å²) in [5.74, 6) is -0.261. The second kappa shape index (κ2) is 7.14. The number of nitrogens with zero attached hydrogens (tertiary/aromatic N) is 2. The molecule has 2 aliphatic rings. The van der Waals surface area contributed by atoms with Gasteiger partial charge in [0.2, 0.25) is 0 Å². The quantitative estimate of drug-likeness (QED) is 0.871. The predicted octanol–water partition coefficient (Wildman–Crippen LogP) is 2.80. The molecule has 1 N–H and O–H groups in total. The van der Waals surface area contributed by atoms with E-state index in [-0.39, 0.29) is 11.9 Å². The second-order valence-corrected chi connectivity index (χ2v) is 6.76. The fourth-order valence-electron chi connectivity index (χ4n) is 3.83. The van der Waals surface area contributed by atoms with Gasteiger partial charge in [-0.15, -0.1) is 0 Å². The number of carboxylic acid groups (broad SMARTS) is 1. The summed E-state index contributed by atoms with van der Waals surface area (Å²) >= 11 is 0. The Morgan fingerprint density at radius 1 is 1.14 bits per heavy atom. The van der Waals surface area contributed by atoms with E-state index in [1.54, 1.807) is 9.80 Å². The van der Waals surface area contributed by atoms with Gasteiger partial charge < -0.3 is 14.9 Å². The molecule has 1 saturated heterocycles. The van der Waals surface area contributed by atoms with Gasteiger partial charge in [0.05, 0.1) is 0 Å². The monoisotopic (exact) mass is 296 g/mol. The third kappa shape index (κ3) is 3.89. The van der Waals surface area contributed by atoms with Crippen molar-refractivity contribution in [3.05, 3.63) is 0 Å². The maximum Gasteiger partial charge on any atom is 0.326 e. The normalized spacial score (nSPS) is 27.4. The van der Waals surface area contributed by atoms with Gasteiger partial charge in [-0.2, -0.15) is 0 Å². The van der Waals surface area contributed by atoms with E-state index in [0.29, 0.717) is 12.5 Å². The van der Waals surface area contributed by atoms with Gasteiger partial charge in [-0.3, -0.25) is 0 Å². The van der Waals surface area contributed by atoms with E-state index in [1.165, 1.54) is 32.1 Å². The van der Waals surface area contributed by atoms with E-state index >= 15 is 0 Å². The van der Waals surface area contributed by atoms with Crippen LogP contribution in [0.15, 0.2) is 0 Å². The lowest BCUT2D eigenvalue weighted by Crippen LogP contribution is -2.55. The number of rotatable bonds is 3. The van der Waals surface area contributed by atoms with E-state index < -0.39 is 12.0 Å². The Hall–Kier alpha value is -1.26. The standard InChI is InChI=1S/C16H28N2O3/c1-12-7-6-10-18(14(12)15(19)20)16(21)17(2)11-13-8-4-3-5-9-13/h12-14H,3-11H2,1-2H3,(H,19,20). The number of carbonyl (C=O) groups is 2. The zero-order valence-electron chi connectivity index (χ0n) is 13.3. The first-order chi connectivity index (χ1) is 10.0. The molecule has 0 aromatic carbocycles. The highest BCUT2D eigenvalue weighted by Gasteiger charge is 2.38. The fraction of sp³-hybridized carbons (Fsp3) is 0.875. The first kappa shape index (κ1) is 16.1. The number of carbonyl (C=O) groups excluding carboxylic acids is 1. The minimum atomic E-state index is -0.874. The van der Waals surface area contributed by atoms with E-state index in [0.717, 1.165) is 19.4 Å². The van der Waals surface area contributed by atoms with Crippen LogP contribution in [-0.2, 0) is 4.79 Å².